The number of nitrogens with two attached hydrogens (primary N) is 1. The molecule has 76 valence electrons. The number of amidine groups is 1. The average molecular weight is 214 g/mol. The highest BCUT2D eigenvalue weighted by atomic mass is 35.5. The maximum atomic E-state index is 5.92. The fraction of sp³-hybridized carbons (Fsp3) is 0.222. The van der Waals surface area contributed by atoms with Crippen LogP contribution in [0, 0.1) is 0 Å². The highest BCUT2D eigenvalue weighted by Crippen LogP contribution is 2.24. The highest BCUT2D eigenvalue weighted by molar-refractivity contribution is 6.32. The summed E-state index contributed by atoms with van der Waals surface area (Å²) in [7, 11) is 3.24. The summed E-state index contributed by atoms with van der Waals surface area (Å²) >= 11 is 5.92. The quantitative estimate of drug-likeness (QED) is 0.451. The number of hydrazone groups is 1. The van der Waals surface area contributed by atoms with E-state index in [9.17, 15) is 0 Å². The Kier molecular flexibility index (Phi) is 3.59. The molecule has 0 unspecified atom stereocenters. The molecule has 1 rings (SSSR count). The average Bonchev–Trinajstić information content (AvgIpc) is 2.18. The lowest BCUT2D eigenvalue weighted by atomic mass is 10.2. The van der Waals surface area contributed by atoms with Crippen molar-refractivity contribution in [3.63, 3.8) is 0 Å². The van der Waals surface area contributed by atoms with Crippen molar-refractivity contribution >= 4 is 17.4 Å². The van der Waals surface area contributed by atoms with Crippen LogP contribution >= 0.6 is 11.6 Å². The molecule has 0 fully saturated rings. The molecular weight excluding hydrogens is 202 g/mol. The lowest BCUT2D eigenvalue weighted by molar-refractivity contribution is 0.415. The predicted molar refractivity (Wildman–Crippen MR) is 57.8 cm³/mol. The summed E-state index contributed by atoms with van der Waals surface area (Å²) in [6.45, 7) is 0. The maximum absolute atomic E-state index is 5.92. The Balaban J connectivity index is 3.02. The second kappa shape index (κ2) is 4.72. The van der Waals surface area contributed by atoms with Crippen molar-refractivity contribution < 1.29 is 4.74 Å². The number of ether oxygens (including phenoxy) is 1. The van der Waals surface area contributed by atoms with Gasteiger partial charge in [-0.15, -0.1) is 0 Å². The van der Waals surface area contributed by atoms with Crippen LogP contribution in [-0.4, -0.2) is 20.0 Å². The van der Waals surface area contributed by atoms with Crippen LogP contribution < -0.4 is 15.9 Å². The van der Waals surface area contributed by atoms with Gasteiger partial charge in [0, 0.05) is 12.6 Å². The van der Waals surface area contributed by atoms with E-state index in [4.69, 9.17) is 22.1 Å². The molecule has 0 saturated heterocycles. The molecule has 0 aliphatic carbocycles. The van der Waals surface area contributed by atoms with Crippen molar-refractivity contribution in [3.05, 3.63) is 28.8 Å². The fourth-order valence-corrected chi connectivity index (χ4v) is 1.27. The van der Waals surface area contributed by atoms with Gasteiger partial charge in [-0.05, 0) is 18.2 Å². The maximum Gasteiger partial charge on any atom is 0.150 e. The lowest BCUT2D eigenvalue weighted by Crippen LogP contribution is -2.16. The third-order valence-electron chi connectivity index (χ3n) is 1.68. The van der Waals surface area contributed by atoms with E-state index in [1.807, 2.05) is 0 Å². The summed E-state index contributed by atoms with van der Waals surface area (Å²) in [6.07, 6.45) is 0. The fourth-order valence-electron chi connectivity index (χ4n) is 1.01. The molecule has 0 amide bonds. The molecule has 0 spiro atoms. The predicted octanol–water partition coefficient (Wildman–Crippen LogP) is 1.19. The van der Waals surface area contributed by atoms with E-state index in [1.165, 1.54) is 0 Å². The molecule has 0 aromatic heterocycles. The van der Waals surface area contributed by atoms with Gasteiger partial charge in [-0.2, -0.15) is 5.10 Å². The first-order valence-electron chi connectivity index (χ1n) is 4.03. The summed E-state index contributed by atoms with van der Waals surface area (Å²) in [5.74, 6) is 1.00. The highest BCUT2D eigenvalue weighted by Gasteiger charge is 2.04. The van der Waals surface area contributed by atoms with Crippen molar-refractivity contribution in [1.29, 1.82) is 0 Å². The third kappa shape index (κ3) is 2.29. The number of nitrogens with zero attached hydrogens (tertiary/aromatic N) is 1. The van der Waals surface area contributed by atoms with Gasteiger partial charge >= 0.3 is 0 Å². The molecule has 3 N–H and O–H groups in total. The molecule has 0 aliphatic rings. The Labute approximate surface area is 87.7 Å². The van der Waals surface area contributed by atoms with E-state index >= 15 is 0 Å². The minimum atomic E-state index is 0.386. The van der Waals surface area contributed by atoms with Crippen LogP contribution in [-0.2, 0) is 0 Å². The van der Waals surface area contributed by atoms with Crippen LogP contribution in [0.4, 0.5) is 0 Å². The number of nitrogens with one attached hydrogen (secondary N) is 1. The number of rotatable bonds is 3. The molecule has 4 nitrogen and oxygen atoms in total. The van der Waals surface area contributed by atoms with E-state index in [-0.39, 0.29) is 0 Å². The van der Waals surface area contributed by atoms with Crippen molar-refractivity contribution in [1.82, 2.24) is 5.43 Å². The normalized spacial score (nSPS) is 11.2. The zero-order valence-electron chi connectivity index (χ0n) is 8.04. The van der Waals surface area contributed by atoms with E-state index in [0.717, 1.165) is 5.56 Å². The Morgan fingerprint density at radius 2 is 2.29 bits per heavy atom. The van der Waals surface area contributed by atoms with Crippen molar-refractivity contribution in [2.24, 2.45) is 10.8 Å². The molecule has 1 aromatic rings. The van der Waals surface area contributed by atoms with Gasteiger partial charge in [0.1, 0.15) is 5.75 Å². The number of halogens is 1. The summed E-state index contributed by atoms with van der Waals surface area (Å²) in [4.78, 5) is 0. The number of methoxy groups -OCH3 is 1. The summed E-state index contributed by atoms with van der Waals surface area (Å²) in [6, 6.07) is 5.24. The Morgan fingerprint density at radius 1 is 1.57 bits per heavy atom. The van der Waals surface area contributed by atoms with Crippen LogP contribution in [0.25, 0.3) is 0 Å². The second-order valence-corrected chi connectivity index (χ2v) is 2.98. The van der Waals surface area contributed by atoms with Crippen LogP contribution in [0.15, 0.2) is 23.3 Å². The number of benzene rings is 1. The minimum absolute atomic E-state index is 0.386. The van der Waals surface area contributed by atoms with Crippen LogP contribution in [0.3, 0.4) is 0 Å². The van der Waals surface area contributed by atoms with Crippen molar-refractivity contribution in [2.75, 3.05) is 14.2 Å². The summed E-state index contributed by atoms with van der Waals surface area (Å²) in [5.41, 5.74) is 9.01. The first-order valence-corrected chi connectivity index (χ1v) is 4.40. The van der Waals surface area contributed by atoms with Gasteiger partial charge in [0.25, 0.3) is 0 Å². The van der Waals surface area contributed by atoms with E-state index in [1.54, 1.807) is 32.4 Å². The first-order chi connectivity index (χ1) is 6.69. The van der Waals surface area contributed by atoms with Gasteiger partial charge in [0.05, 0.1) is 12.1 Å². The molecule has 0 heterocycles. The molecule has 0 aliphatic heterocycles. The summed E-state index contributed by atoms with van der Waals surface area (Å²) in [5, 5.41) is 4.35. The zero-order valence-corrected chi connectivity index (χ0v) is 8.80. The number of hydrogen-bond acceptors (Lipinski definition) is 3. The van der Waals surface area contributed by atoms with Gasteiger partial charge in [-0.25, -0.2) is 0 Å². The molecule has 14 heavy (non-hydrogen) atoms. The molecule has 0 radical (unpaired) electrons. The van der Waals surface area contributed by atoms with Gasteiger partial charge < -0.3 is 15.9 Å². The van der Waals surface area contributed by atoms with Crippen LogP contribution in [0.2, 0.25) is 5.02 Å². The van der Waals surface area contributed by atoms with Gasteiger partial charge in [0.15, 0.2) is 5.84 Å². The van der Waals surface area contributed by atoms with Crippen LogP contribution in [0.5, 0.6) is 5.75 Å². The van der Waals surface area contributed by atoms with E-state index < -0.39 is 0 Å². The molecule has 0 atom stereocenters. The standard InChI is InChI=1S/C9H12ClN3O/c1-12-13-9(11)6-3-4-8(14-2)7(10)5-6/h3-5,12H,1-2H3,(H2,11,13). The lowest BCUT2D eigenvalue weighted by Gasteiger charge is -2.05. The Morgan fingerprint density at radius 3 is 2.79 bits per heavy atom. The monoisotopic (exact) mass is 213 g/mol. The largest absolute Gasteiger partial charge is 0.495 e. The van der Waals surface area contributed by atoms with Gasteiger partial charge in [-0.1, -0.05) is 11.6 Å². The summed E-state index contributed by atoms with van der Waals surface area (Å²) < 4.78 is 5.01. The Bertz CT molecular complexity index is 352. The topological polar surface area (TPSA) is 59.6 Å². The smallest absolute Gasteiger partial charge is 0.150 e. The second-order valence-electron chi connectivity index (χ2n) is 2.57. The van der Waals surface area contributed by atoms with E-state index in [0.29, 0.717) is 16.6 Å². The van der Waals surface area contributed by atoms with Crippen LogP contribution in [0.1, 0.15) is 5.56 Å². The molecule has 5 heteroatoms. The van der Waals surface area contributed by atoms with Gasteiger partial charge in [-0.3, -0.25) is 0 Å². The molecule has 1 aromatic carbocycles. The first kappa shape index (κ1) is 10.7. The minimum Gasteiger partial charge on any atom is -0.495 e. The molecular formula is C9H12ClN3O. The number of hydrogen-bond donors (Lipinski definition) is 2. The third-order valence-corrected chi connectivity index (χ3v) is 1.98. The SMILES string of the molecule is CN/N=C(\N)c1ccc(OC)c(Cl)c1. The van der Waals surface area contributed by atoms with Crippen molar-refractivity contribution in [3.8, 4) is 5.75 Å². The van der Waals surface area contributed by atoms with Crippen molar-refractivity contribution in [2.45, 2.75) is 0 Å². The zero-order chi connectivity index (χ0) is 10.6. The molecule has 0 saturated carbocycles. The Hall–Kier alpha value is -1.42. The molecule has 0 bridgehead atoms. The van der Waals surface area contributed by atoms with E-state index in [2.05, 4.69) is 10.5 Å². The van der Waals surface area contributed by atoms with Gasteiger partial charge in [0.2, 0.25) is 0 Å².